The van der Waals surface area contributed by atoms with Crippen LogP contribution in [-0.2, 0) is 14.8 Å². The van der Waals surface area contributed by atoms with Crippen molar-refractivity contribution in [2.24, 2.45) is 0 Å². The molecule has 1 aliphatic rings. The van der Waals surface area contributed by atoms with Crippen LogP contribution in [0.2, 0.25) is 0 Å². The van der Waals surface area contributed by atoms with Crippen LogP contribution >= 0.6 is 0 Å². The summed E-state index contributed by atoms with van der Waals surface area (Å²) in [5.41, 5.74) is 0.515. The lowest BCUT2D eigenvalue weighted by Crippen LogP contribution is -2.07. The number of hydrogen-bond donors (Lipinski definition) is 0. The Bertz CT molecular complexity index is 163. The van der Waals surface area contributed by atoms with Crippen molar-refractivity contribution in [1.29, 1.82) is 0 Å². The summed E-state index contributed by atoms with van der Waals surface area (Å²) in [5.74, 6) is 0.650. The first-order valence-corrected chi connectivity index (χ1v) is 2.30. The molecule has 1 heterocycles. The summed E-state index contributed by atoms with van der Waals surface area (Å²) < 4.78 is 0. The van der Waals surface area contributed by atoms with E-state index in [4.69, 9.17) is 0 Å². The van der Waals surface area contributed by atoms with Crippen molar-refractivity contribution in [2.45, 2.75) is 0 Å². The van der Waals surface area contributed by atoms with Gasteiger partial charge in [0.2, 0.25) is 0 Å². The molecular formula is C6H6O3. The van der Waals surface area contributed by atoms with E-state index in [1.165, 1.54) is 0 Å². The summed E-state index contributed by atoms with van der Waals surface area (Å²) in [6, 6.07) is 0. The first-order valence-electron chi connectivity index (χ1n) is 2.30. The van der Waals surface area contributed by atoms with Gasteiger partial charge in [0.25, 0.3) is 0 Å². The van der Waals surface area contributed by atoms with E-state index in [0.717, 1.165) is 0 Å². The van der Waals surface area contributed by atoms with Crippen LogP contribution in [0.3, 0.4) is 0 Å². The van der Waals surface area contributed by atoms with E-state index < -0.39 is 0 Å². The summed E-state index contributed by atoms with van der Waals surface area (Å²) in [7, 11) is 0. The molecule has 0 radical (unpaired) electrons. The fraction of sp³-hybridized carbons (Fsp3) is 0. The van der Waals surface area contributed by atoms with Gasteiger partial charge in [-0.25, -0.2) is 0 Å². The summed E-state index contributed by atoms with van der Waals surface area (Å²) in [4.78, 5) is 8.77. The lowest BCUT2D eigenvalue weighted by atomic mass is 10.2. The molecular weight excluding hydrogens is 120 g/mol. The predicted molar refractivity (Wildman–Crippen MR) is 30.7 cm³/mol. The average Bonchev–Trinajstić information content (AvgIpc) is 1.83. The lowest BCUT2D eigenvalue weighted by molar-refractivity contribution is -0.485. The van der Waals surface area contributed by atoms with Gasteiger partial charge in [-0.15, -0.1) is 0 Å². The highest BCUT2D eigenvalue weighted by Crippen LogP contribution is 2.22. The highest BCUT2D eigenvalue weighted by atomic mass is 17.5. The summed E-state index contributed by atoms with van der Waals surface area (Å²) >= 11 is 0. The summed E-state index contributed by atoms with van der Waals surface area (Å²) in [5, 5.41) is 4.10. The van der Waals surface area contributed by atoms with Gasteiger partial charge in [-0.2, -0.15) is 0 Å². The second-order valence-corrected chi connectivity index (χ2v) is 1.56. The Morgan fingerprint density at radius 3 is 1.67 bits per heavy atom. The zero-order chi connectivity index (χ0) is 6.85. The monoisotopic (exact) mass is 126 g/mol. The normalized spacial score (nSPS) is 18.9. The van der Waals surface area contributed by atoms with Crippen LogP contribution in [0.15, 0.2) is 36.8 Å². The number of hydrogen-bond acceptors (Lipinski definition) is 3. The Morgan fingerprint density at radius 1 is 0.889 bits per heavy atom. The zero-order valence-corrected chi connectivity index (χ0v) is 4.85. The van der Waals surface area contributed by atoms with Crippen LogP contribution < -0.4 is 0 Å². The van der Waals surface area contributed by atoms with E-state index in [1.807, 2.05) is 0 Å². The van der Waals surface area contributed by atoms with Crippen LogP contribution in [0.1, 0.15) is 0 Å². The molecule has 48 valence electrons. The molecule has 0 unspecified atom stereocenters. The largest absolute Gasteiger partial charge is 0.299 e. The second kappa shape index (κ2) is 1.95. The SMILES string of the molecule is C=C1OOOC(=C)C1=C. The highest BCUT2D eigenvalue weighted by molar-refractivity contribution is 5.34. The fourth-order valence-electron chi connectivity index (χ4n) is 0.355. The molecule has 3 heteroatoms. The molecule has 9 heavy (non-hydrogen) atoms. The van der Waals surface area contributed by atoms with E-state index in [1.54, 1.807) is 0 Å². The van der Waals surface area contributed by atoms with Crippen LogP contribution in [0.4, 0.5) is 0 Å². The third kappa shape index (κ3) is 0.948. The number of rotatable bonds is 0. The van der Waals surface area contributed by atoms with Gasteiger partial charge in [-0.3, -0.25) is 9.78 Å². The molecule has 0 aliphatic carbocycles. The molecule has 0 aromatic carbocycles. The molecule has 0 bridgehead atoms. The fourth-order valence-corrected chi connectivity index (χ4v) is 0.355. The minimum Gasteiger partial charge on any atom is -0.299 e. The van der Waals surface area contributed by atoms with Gasteiger partial charge in [0.15, 0.2) is 11.5 Å². The molecule has 0 aromatic rings. The van der Waals surface area contributed by atoms with Crippen molar-refractivity contribution >= 4 is 0 Å². The quantitative estimate of drug-likeness (QED) is 0.460. The van der Waals surface area contributed by atoms with Gasteiger partial charge in [0.1, 0.15) is 0 Å². The molecule has 0 amide bonds. The molecule has 1 rings (SSSR count). The molecule has 0 N–H and O–H groups in total. The molecule has 0 saturated carbocycles. The maximum absolute atomic E-state index is 4.38. The van der Waals surface area contributed by atoms with E-state index >= 15 is 0 Å². The Morgan fingerprint density at radius 2 is 1.33 bits per heavy atom. The third-order valence-corrected chi connectivity index (χ3v) is 0.942. The minimum absolute atomic E-state index is 0.325. The molecule has 0 spiro atoms. The molecule has 1 fully saturated rings. The highest BCUT2D eigenvalue weighted by Gasteiger charge is 2.15. The maximum atomic E-state index is 4.38. The minimum atomic E-state index is 0.325. The first-order chi connectivity index (χ1) is 4.22. The first kappa shape index (κ1) is 5.91. The summed E-state index contributed by atoms with van der Waals surface area (Å²) in [6.45, 7) is 10.5. The Balaban J connectivity index is 2.74. The van der Waals surface area contributed by atoms with Crippen molar-refractivity contribution in [3.63, 3.8) is 0 Å². The molecule has 3 nitrogen and oxygen atoms in total. The van der Waals surface area contributed by atoms with Crippen molar-refractivity contribution < 1.29 is 14.8 Å². The average molecular weight is 126 g/mol. The van der Waals surface area contributed by atoms with Crippen LogP contribution in [-0.4, -0.2) is 0 Å². The van der Waals surface area contributed by atoms with Crippen LogP contribution in [0.25, 0.3) is 0 Å². The molecule has 0 atom stereocenters. The van der Waals surface area contributed by atoms with Gasteiger partial charge in [-0.1, -0.05) is 19.7 Å². The van der Waals surface area contributed by atoms with Gasteiger partial charge in [0, 0.05) is 5.04 Å². The van der Waals surface area contributed by atoms with Crippen LogP contribution in [0.5, 0.6) is 0 Å². The van der Waals surface area contributed by atoms with E-state index in [9.17, 15) is 0 Å². The Labute approximate surface area is 52.7 Å². The van der Waals surface area contributed by atoms with E-state index in [2.05, 4.69) is 34.6 Å². The Hall–Kier alpha value is -1.22. The summed E-state index contributed by atoms with van der Waals surface area (Å²) in [6.07, 6.45) is 0. The van der Waals surface area contributed by atoms with E-state index in [-0.39, 0.29) is 0 Å². The molecule has 0 aromatic heterocycles. The third-order valence-electron chi connectivity index (χ3n) is 0.942. The van der Waals surface area contributed by atoms with Crippen molar-refractivity contribution in [3.8, 4) is 0 Å². The van der Waals surface area contributed by atoms with Gasteiger partial charge in [0.05, 0.1) is 5.57 Å². The predicted octanol–water partition coefficient (Wildman–Crippen LogP) is 1.46. The molecule has 1 aliphatic heterocycles. The lowest BCUT2D eigenvalue weighted by Gasteiger charge is -2.15. The van der Waals surface area contributed by atoms with Crippen LogP contribution in [0, 0.1) is 0 Å². The van der Waals surface area contributed by atoms with Crippen molar-refractivity contribution in [1.82, 2.24) is 0 Å². The second-order valence-electron chi connectivity index (χ2n) is 1.56. The van der Waals surface area contributed by atoms with E-state index in [0.29, 0.717) is 17.1 Å². The van der Waals surface area contributed by atoms with Crippen molar-refractivity contribution in [3.05, 3.63) is 36.8 Å². The van der Waals surface area contributed by atoms with Gasteiger partial charge >= 0.3 is 0 Å². The smallest absolute Gasteiger partial charge is 0.173 e. The maximum Gasteiger partial charge on any atom is 0.173 e. The van der Waals surface area contributed by atoms with Crippen molar-refractivity contribution in [2.75, 3.05) is 0 Å². The molecule has 1 saturated heterocycles. The van der Waals surface area contributed by atoms with Gasteiger partial charge in [-0.05, 0) is 0 Å². The zero-order valence-electron chi connectivity index (χ0n) is 4.85. The topological polar surface area (TPSA) is 27.7 Å². The standard InChI is InChI=1S/C6H6O3/c1-4-5(2)7-9-8-6(4)3/h1-3H2. The Kier molecular flexibility index (Phi) is 1.28. The van der Waals surface area contributed by atoms with Gasteiger partial charge < -0.3 is 0 Å².